The molecule has 0 amide bonds. The molecule has 12 heavy (non-hydrogen) atoms. The summed E-state index contributed by atoms with van der Waals surface area (Å²) in [5, 5.41) is 0.654. The van der Waals surface area contributed by atoms with Crippen LogP contribution in [0.25, 0.3) is 0 Å². The molecule has 0 saturated carbocycles. The van der Waals surface area contributed by atoms with Gasteiger partial charge in [0.2, 0.25) is 0 Å². The van der Waals surface area contributed by atoms with Crippen molar-refractivity contribution in [2.75, 3.05) is 0 Å². The summed E-state index contributed by atoms with van der Waals surface area (Å²) in [6, 6.07) is 7.26. The van der Waals surface area contributed by atoms with Crippen molar-refractivity contribution in [2.45, 2.75) is 10.2 Å². The Bertz CT molecular complexity index is 264. The maximum Gasteiger partial charge on any atom is 0.194 e. The van der Waals surface area contributed by atoms with Gasteiger partial charge in [0.1, 0.15) is 0 Å². The molecule has 0 nitrogen and oxygen atoms in total. The van der Waals surface area contributed by atoms with Gasteiger partial charge in [-0.1, -0.05) is 58.5 Å². The summed E-state index contributed by atoms with van der Waals surface area (Å²) in [5.74, 6) is 0. The van der Waals surface area contributed by atoms with Crippen LogP contribution >= 0.6 is 46.4 Å². The molecule has 0 aromatic heterocycles. The molecule has 0 unspecified atom stereocenters. The number of hydrogen-bond donors (Lipinski definition) is 0. The van der Waals surface area contributed by atoms with Gasteiger partial charge in [-0.3, -0.25) is 0 Å². The Balaban J connectivity index is 2.77. The zero-order valence-electron chi connectivity index (χ0n) is 6.03. The highest BCUT2D eigenvalue weighted by atomic mass is 35.6. The molecule has 4 heteroatoms. The van der Waals surface area contributed by atoms with E-state index in [9.17, 15) is 0 Å². The maximum atomic E-state index is 5.74. The first-order chi connectivity index (χ1) is 5.47. The highest BCUT2D eigenvalue weighted by Crippen LogP contribution is 2.30. The van der Waals surface area contributed by atoms with Crippen LogP contribution in [0.4, 0.5) is 0 Å². The molecule has 0 fully saturated rings. The molecule has 0 saturated heterocycles. The normalized spacial score (nSPS) is 11.7. The molecule has 0 N–H and O–H groups in total. The first-order valence-corrected chi connectivity index (χ1v) is 4.80. The van der Waals surface area contributed by atoms with E-state index in [1.807, 2.05) is 12.1 Å². The minimum atomic E-state index is -1.25. The van der Waals surface area contributed by atoms with E-state index in [0.717, 1.165) is 5.56 Å². The van der Waals surface area contributed by atoms with Crippen molar-refractivity contribution in [3.8, 4) is 0 Å². The van der Waals surface area contributed by atoms with Gasteiger partial charge in [-0.2, -0.15) is 0 Å². The van der Waals surface area contributed by atoms with Gasteiger partial charge < -0.3 is 0 Å². The van der Waals surface area contributed by atoms with Gasteiger partial charge in [0.25, 0.3) is 0 Å². The van der Waals surface area contributed by atoms with Gasteiger partial charge in [0, 0.05) is 11.4 Å². The summed E-state index contributed by atoms with van der Waals surface area (Å²) in [5.41, 5.74) is 0.919. The zero-order chi connectivity index (χ0) is 9.19. The molecule has 0 heterocycles. The third-order valence-corrected chi connectivity index (χ3v) is 1.93. The van der Waals surface area contributed by atoms with E-state index < -0.39 is 3.79 Å². The molecule has 66 valence electrons. The maximum absolute atomic E-state index is 5.74. The van der Waals surface area contributed by atoms with Crippen LogP contribution in [0.15, 0.2) is 24.3 Å². The van der Waals surface area contributed by atoms with E-state index in [2.05, 4.69) is 0 Å². The van der Waals surface area contributed by atoms with Crippen molar-refractivity contribution < 1.29 is 0 Å². The van der Waals surface area contributed by atoms with Gasteiger partial charge in [0.05, 0.1) is 0 Å². The van der Waals surface area contributed by atoms with E-state index in [-0.39, 0.29) is 0 Å². The average Bonchev–Trinajstić information content (AvgIpc) is 1.82. The van der Waals surface area contributed by atoms with Crippen LogP contribution in [-0.4, -0.2) is 3.79 Å². The molecule has 0 spiro atoms. The molecular formula is C8H6Cl4. The first kappa shape index (κ1) is 10.5. The van der Waals surface area contributed by atoms with Gasteiger partial charge in [-0.25, -0.2) is 0 Å². The van der Waals surface area contributed by atoms with Gasteiger partial charge >= 0.3 is 0 Å². The fourth-order valence-electron chi connectivity index (χ4n) is 0.878. The number of benzene rings is 1. The summed E-state index contributed by atoms with van der Waals surface area (Å²) < 4.78 is -1.25. The van der Waals surface area contributed by atoms with E-state index in [1.165, 1.54) is 0 Å². The smallest absolute Gasteiger partial charge is 0.0843 e. The minimum Gasteiger partial charge on any atom is -0.0843 e. The molecule has 1 aromatic rings. The van der Waals surface area contributed by atoms with Crippen LogP contribution in [-0.2, 0) is 6.42 Å². The molecular weight excluding hydrogens is 238 g/mol. The number of alkyl halides is 3. The summed E-state index contributed by atoms with van der Waals surface area (Å²) in [6.45, 7) is 0. The summed E-state index contributed by atoms with van der Waals surface area (Å²) >= 11 is 22.6. The molecule has 1 aromatic carbocycles. The van der Waals surface area contributed by atoms with Gasteiger partial charge in [-0.05, 0) is 17.7 Å². The van der Waals surface area contributed by atoms with Gasteiger partial charge in [-0.15, -0.1) is 0 Å². The fraction of sp³-hybridized carbons (Fsp3) is 0.250. The topological polar surface area (TPSA) is 0 Å². The third kappa shape index (κ3) is 3.86. The quantitative estimate of drug-likeness (QED) is 0.647. The number of rotatable bonds is 1. The van der Waals surface area contributed by atoms with Crippen LogP contribution in [0.2, 0.25) is 5.02 Å². The highest BCUT2D eigenvalue weighted by Gasteiger charge is 2.19. The molecule has 0 aliphatic carbocycles. The second kappa shape index (κ2) is 4.06. The summed E-state index contributed by atoms with van der Waals surface area (Å²) in [7, 11) is 0. The van der Waals surface area contributed by atoms with E-state index >= 15 is 0 Å². The Morgan fingerprint density at radius 1 is 1.17 bits per heavy atom. The average molecular weight is 244 g/mol. The van der Waals surface area contributed by atoms with Crippen molar-refractivity contribution in [3.63, 3.8) is 0 Å². The number of hydrogen-bond acceptors (Lipinski definition) is 0. The van der Waals surface area contributed by atoms with Crippen molar-refractivity contribution in [1.29, 1.82) is 0 Å². The molecule has 0 radical (unpaired) electrons. The van der Waals surface area contributed by atoms with Crippen molar-refractivity contribution in [3.05, 3.63) is 34.9 Å². The Morgan fingerprint density at radius 2 is 1.83 bits per heavy atom. The summed E-state index contributed by atoms with van der Waals surface area (Å²) in [6.07, 6.45) is 0.373. The Hall–Kier alpha value is 0.380. The Kier molecular flexibility index (Phi) is 3.54. The lowest BCUT2D eigenvalue weighted by atomic mass is 10.2. The van der Waals surface area contributed by atoms with E-state index in [1.54, 1.807) is 12.1 Å². The molecule has 1 rings (SSSR count). The zero-order valence-corrected chi connectivity index (χ0v) is 9.05. The van der Waals surface area contributed by atoms with Crippen LogP contribution in [0.1, 0.15) is 5.56 Å². The van der Waals surface area contributed by atoms with E-state index in [0.29, 0.717) is 11.4 Å². The molecule has 0 aliphatic heterocycles. The standard InChI is InChI=1S/C8H6Cl4/c9-7-3-1-2-6(4-7)5-8(10,11)12/h1-4H,5H2. The monoisotopic (exact) mass is 242 g/mol. The minimum absolute atomic E-state index is 0.373. The molecule has 0 aliphatic rings. The van der Waals surface area contributed by atoms with Crippen LogP contribution in [0, 0.1) is 0 Å². The lowest BCUT2D eigenvalue weighted by Crippen LogP contribution is -2.06. The predicted molar refractivity (Wildman–Crippen MR) is 55.4 cm³/mol. The Labute approximate surface area is 91.4 Å². The first-order valence-electron chi connectivity index (χ1n) is 3.28. The van der Waals surface area contributed by atoms with Crippen molar-refractivity contribution in [1.82, 2.24) is 0 Å². The largest absolute Gasteiger partial charge is 0.194 e. The van der Waals surface area contributed by atoms with E-state index in [4.69, 9.17) is 46.4 Å². The lowest BCUT2D eigenvalue weighted by Gasteiger charge is -2.10. The number of halogens is 4. The van der Waals surface area contributed by atoms with Gasteiger partial charge in [0.15, 0.2) is 3.79 Å². The highest BCUT2D eigenvalue weighted by molar-refractivity contribution is 6.67. The second-order valence-electron chi connectivity index (χ2n) is 2.42. The SMILES string of the molecule is Clc1cccc(CC(Cl)(Cl)Cl)c1. The van der Waals surface area contributed by atoms with Crippen molar-refractivity contribution in [2.24, 2.45) is 0 Å². The third-order valence-electron chi connectivity index (χ3n) is 1.29. The predicted octanol–water partition coefficient (Wildman–Crippen LogP) is 4.25. The Morgan fingerprint density at radius 3 is 2.33 bits per heavy atom. The van der Waals surface area contributed by atoms with Crippen LogP contribution < -0.4 is 0 Å². The second-order valence-corrected chi connectivity index (χ2v) is 5.37. The molecule has 0 bridgehead atoms. The lowest BCUT2D eigenvalue weighted by molar-refractivity contribution is 1.02. The van der Waals surface area contributed by atoms with Crippen LogP contribution in [0.5, 0.6) is 0 Å². The fourth-order valence-corrected chi connectivity index (χ4v) is 1.55. The summed E-state index contributed by atoms with van der Waals surface area (Å²) in [4.78, 5) is 0. The van der Waals surface area contributed by atoms with Crippen molar-refractivity contribution >= 4 is 46.4 Å². The molecule has 0 atom stereocenters. The van der Waals surface area contributed by atoms with Crippen LogP contribution in [0.3, 0.4) is 0 Å².